The van der Waals surface area contributed by atoms with E-state index in [4.69, 9.17) is 4.42 Å². The van der Waals surface area contributed by atoms with Gasteiger partial charge in [0.2, 0.25) is 5.91 Å². The number of aryl methyl sites for hydroxylation is 1. The Bertz CT molecular complexity index is 1050. The van der Waals surface area contributed by atoms with Crippen molar-refractivity contribution in [1.82, 2.24) is 9.97 Å². The topological polar surface area (TPSA) is 71.3 Å². The van der Waals surface area contributed by atoms with Crippen LogP contribution in [0.4, 0.5) is 15.9 Å². The zero-order valence-electron chi connectivity index (χ0n) is 17.0. The molecule has 0 unspecified atom stereocenters. The van der Waals surface area contributed by atoms with Crippen LogP contribution in [0.2, 0.25) is 0 Å². The molecule has 1 saturated carbocycles. The number of rotatable bonds is 4. The lowest BCUT2D eigenvalue weighted by Gasteiger charge is -2.23. The van der Waals surface area contributed by atoms with Crippen molar-refractivity contribution >= 4 is 28.2 Å². The van der Waals surface area contributed by atoms with Crippen molar-refractivity contribution in [1.29, 1.82) is 0 Å². The minimum Gasteiger partial charge on any atom is -0.441 e. The van der Waals surface area contributed by atoms with E-state index in [1.165, 1.54) is 18.7 Å². The Hall–Kier alpha value is -2.96. The fraction of sp³-hybridized carbons (Fsp3) is 0.409. The molecule has 1 fully saturated rings. The molecule has 3 aromatic rings. The molecule has 6 nitrogen and oxygen atoms in total. The average molecular weight is 396 g/mol. The number of carbonyl (C=O) groups is 1. The lowest BCUT2D eigenvalue weighted by molar-refractivity contribution is -0.120. The molecule has 7 heteroatoms. The summed E-state index contributed by atoms with van der Waals surface area (Å²) in [5.74, 6) is 1.07. The number of halogens is 1. The van der Waals surface area contributed by atoms with E-state index in [-0.39, 0.29) is 11.8 Å². The molecule has 2 heterocycles. The summed E-state index contributed by atoms with van der Waals surface area (Å²) in [6.45, 7) is 1.75. The molecule has 1 aliphatic carbocycles. The first-order valence-electron chi connectivity index (χ1n) is 9.97. The minimum absolute atomic E-state index is 0.0106. The number of hydrogen-bond donors (Lipinski definition) is 1. The highest BCUT2D eigenvalue weighted by Gasteiger charge is 2.24. The van der Waals surface area contributed by atoms with Crippen molar-refractivity contribution in [2.75, 3.05) is 24.3 Å². The van der Waals surface area contributed by atoms with Gasteiger partial charge in [0.1, 0.15) is 5.82 Å². The fourth-order valence-corrected chi connectivity index (χ4v) is 4.03. The number of nitrogens with one attached hydrogen (secondary N) is 1. The summed E-state index contributed by atoms with van der Waals surface area (Å²) >= 11 is 0. The second-order valence-corrected chi connectivity index (χ2v) is 7.84. The largest absolute Gasteiger partial charge is 0.441 e. The molecule has 0 bridgehead atoms. The van der Waals surface area contributed by atoms with Crippen molar-refractivity contribution in [3.63, 3.8) is 0 Å². The molecule has 4 rings (SSSR count). The predicted octanol–water partition coefficient (Wildman–Crippen LogP) is 4.92. The van der Waals surface area contributed by atoms with Crippen LogP contribution in [0.15, 0.2) is 28.9 Å². The van der Waals surface area contributed by atoms with Crippen LogP contribution in [-0.4, -0.2) is 30.0 Å². The Morgan fingerprint density at radius 3 is 2.55 bits per heavy atom. The number of aromatic nitrogens is 2. The molecular weight excluding hydrogens is 371 g/mol. The standard InChI is InChI=1S/C22H25FN4O2/c1-13-24-12-19(29-13)15-9-16-17(18(23)10-15)11-25-21(20(16)27(2)3)26-22(28)14-7-5-4-6-8-14/h9-12,14H,4-8H2,1-3H3,(H,25,26,28). The molecular formula is C22H25FN4O2. The van der Waals surface area contributed by atoms with Crippen LogP contribution in [0.25, 0.3) is 22.1 Å². The highest BCUT2D eigenvalue weighted by Crippen LogP contribution is 2.37. The van der Waals surface area contributed by atoms with Gasteiger partial charge in [-0.05, 0) is 25.0 Å². The van der Waals surface area contributed by atoms with Crippen LogP contribution in [0.1, 0.15) is 38.0 Å². The van der Waals surface area contributed by atoms with Crippen molar-refractivity contribution in [2.45, 2.75) is 39.0 Å². The van der Waals surface area contributed by atoms with E-state index in [0.29, 0.717) is 39.5 Å². The molecule has 0 radical (unpaired) electrons. The monoisotopic (exact) mass is 396 g/mol. The summed E-state index contributed by atoms with van der Waals surface area (Å²) in [7, 11) is 3.71. The van der Waals surface area contributed by atoms with Crippen molar-refractivity contribution in [3.8, 4) is 11.3 Å². The predicted molar refractivity (Wildman–Crippen MR) is 111 cm³/mol. The van der Waals surface area contributed by atoms with Gasteiger partial charge in [-0.15, -0.1) is 0 Å². The van der Waals surface area contributed by atoms with E-state index in [9.17, 15) is 9.18 Å². The lowest BCUT2D eigenvalue weighted by atomic mass is 9.88. The number of anilines is 2. The third-order valence-electron chi connectivity index (χ3n) is 5.50. The Morgan fingerprint density at radius 1 is 1.14 bits per heavy atom. The second-order valence-electron chi connectivity index (χ2n) is 7.84. The quantitative estimate of drug-likeness (QED) is 0.678. The fourth-order valence-electron chi connectivity index (χ4n) is 4.03. The van der Waals surface area contributed by atoms with Crippen molar-refractivity contribution in [2.24, 2.45) is 5.92 Å². The Labute approximate surface area is 169 Å². The van der Waals surface area contributed by atoms with Gasteiger partial charge < -0.3 is 14.6 Å². The van der Waals surface area contributed by atoms with E-state index in [2.05, 4.69) is 15.3 Å². The van der Waals surface area contributed by atoms with Crippen LogP contribution < -0.4 is 10.2 Å². The van der Waals surface area contributed by atoms with Crippen LogP contribution in [0.3, 0.4) is 0 Å². The third kappa shape index (κ3) is 3.81. The number of carbonyl (C=O) groups excluding carboxylic acids is 1. The summed E-state index contributed by atoms with van der Waals surface area (Å²) in [4.78, 5) is 23.1. The maximum Gasteiger partial charge on any atom is 0.228 e. The van der Waals surface area contributed by atoms with Gasteiger partial charge in [-0.25, -0.2) is 14.4 Å². The highest BCUT2D eigenvalue weighted by atomic mass is 19.1. The number of nitrogens with zero attached hydrogens (tertiary/aromatic N) is 3. The Kier molecular flexibility index (Phi) is 5.22. The molecule has 29 heavy (non-hydrogen) atoms. The second kappa shape index (κ2) is 7.81. The van der Waals surface area contributed by atoms with Crippen molar-refractivity contribution in [3.05, 3.63) is 36.2 Å². The van der Waals surface area contributed by atoms with Gasteiger partial charge in [0, 0.05) is 49.5 Å². The van der Waals surface area contributed by atoms with Crippen LogP contribution in [-0.2, 0) is 4.79 Å². The van der Waals surface area contributed by atoms with Crippen LogP contribution >= 0.6 is 0 Å². The average Bonchev–Trinajstić information content (AvgIpc) is 3.14. The molecule has 0 atom stereocenters. The van der Waals surface area contributed by atoms with Gasteiger partial charge in [-0.2, -0.15) is 0 Å². The first-order valence-corrected chi connectivity index (χ1v) is 9.97. The zero-order chi connectivity index (χ0) is 20.5. The Morgan fingerprint density at radius 2 is 1.90 bits per heavy atom. The number of benzene rings is 1. The lowest BCUT2D eigenvalue weighted by Crippen LogP contribution is -2.26. The Balaban J connectivity index is 1.79. The number of fused-ring (bicyclic) bond motifs is 1. The molecule has 0 aliphatic heterocycles. The first-order chi connectivity index (χ1) is 13.9. The molecule has 1 N–H and O–H groups in total. The molecule has 2 aromatic heterocycles. The van der Waals surface area contributed by atoms with E-state index in [1.807, 2.05) is 25.1 Å². The number of hydrogen-bond acceptors (Lipinski definition) is 5. The van der Waals surface area contributed by atoms with Crippen LogP contribution in [0.5, 0.6) is 0 Å². The van der Waals surface area contributed by atoms with Gasteiger partial charge >= 0.3 is 0 Å². The van der Waals surface area contributed by atoms with E-state index in [1.54, 1.807) is 13.1 Å². The third-order valence-corrected chi connectivity index (χ3v) is 5.50. The maximum atomic E-state index is 14.9. The summed E-state index contributed by atoms with van der Waals surface area (Å²) in [5, 5.41) is 4.04. The SMILES string of the molecule is Cc1ncc(-c2cc(F)c3cnc(NC(=O)C4CCCCC4)c(N(C)C)c3c2)o1. The normalized spacial score (nSPS) is 14.9. The summed E-state index contributed by atoms with van der Waals surface area (Å²) in [6.07, 6.45) is 8.20. The molecule has 0 saturated heterocycles. The van der Waals surface area contributed by atoms with Gasteiger partial charge in [0.15, 0.2) is 17.5 Å². The zero-order valence-corrected chi connectivity index (χ0v) is 17.0. The molecule has 1 aliphatic rings. The van der Waals surface area contributed by atoms with Gasteiger partial charge in [-0.1, -0.05) is 19.3 Å². The summed E-state index contributed by atoms with van der Waals surface area (Å²) in [6, 6.07) is 3.27. The van der Waals surface area contributed by atoms with Gasteiger partial charge in [-0.3, -0.25) is 4.79 Å². The van der Waals surface area contributed by atoms with Gasteiger partial charge in [0.05, 0.1) is 11.9 Å². The van der Waals surface area contributed by atoms with Crippen LogP contribution in [0, 0.1) is 18.7 Å². The number of pyridine rings is 1. The molecule has 0 spiro atoms. The summed E-state index contributed by atoms with van der Waals surface area (Å²) < 4.78 is 20.4. The maximum absolute atomic E-state index is 14.9. The van der Waals surface area contributed by atoms with Crippen molar-refractivity contribution < 1.29 is 13.6 Å². The van der Waals surface area contributed by atoms with E-state index < -0.39 is 5.82 Å². The molecule has 1 amide bonds. The number of amides is 1. The van der Waals surface area contributed by atoms with E-state index in [0.717, 1.165) is 25.7 Å². The first kappa shape index (κ1) is 19.4. The molecule has 152 valence electrons. The van der Waals surface area contributed by atoms with E-state index >= 15 is 0 Å². The molecule has 1 aromatic carbocycles. The number of oxazole rings is 1. The van der Waals surface area contributed by atoms with Gasteiger partial charge in [0.25, 0.3) is 0 Å². The smallest absolute Gasteiger partial charge is 0.228 e. The summed E-state index contributed by atoms with van der Waals surface area (Å²) in [5.41, 5.74) is 1.26. The minimum atomic E-state index is -0.396. The highest BCUT2D eigenvalue weighted by molar-refractivity contribution is 6.04.